The molecule has 1 N–H and O–H groups in total. The maximum absolute atomic E-state index is 12.0. The number of carboxylic acids is 1. The van der Waals surface area contributed by atoms with Gasteiger partial charge < -0.3 is 9.67 Å². The quantitative estimate of drug-likeness (QED) is 0.829. The van der Waals surface area contributed by atoms with Crippen molar-refractivity contribution in [1.82, 2.24) is 9.55 Å². The molecule has 0 aliphatic heterocycles. The fraction of sp³-hybridized carbons (Fsp3) is 0.312. The summed E-state index contributed by atoms with van der Waals surface area (Å²) in [6.07, 6.45) is 4.46. The third-order valence-electron chi connectivity index (χ3n) is 3.41. The van der Waals surface area contributed by atoms with Gasteiger partial charge in [0.25, 0.3) is 0 Å². The summed E-state index contributed by atoms with van der Waals surface area (Å²) in [6, 6.07) is 7.15. The normalized spacial score (nSPS) is 12.1. The van der Waals surface area contributed by atoms with E-state index in [9.17, 15) is 9.59 Å². The second-order valence-electron chi connectivity index (χ2n) is 4.98. The Kier molecular flexibility index (Phi) is 4.52. The Balaban J connectivity index is 2.16. The van der Waals surface area contributed by atoms with Crippen molar-refractivity contribution in [2.75, 3.05) is 0 Å². The first kappa shape index (κ1) is 15.0. The monoisotopic (exact) mass is 286 g/mol. The molecule has 0 amide bonds. The SMILES string of the molecule is CCc1nccn1-c1ccc(C(=O)CC(C)C(=O)O)cc1. The van der Waals surface area contributed by atoms with E-state index in [0.717, 1.165) is 17.9 Å². The molecule has 0 spiro atoms. The van der Waals surface area contributed by atoms with E-state index < -0.39 is 11.9 Å². The average molecular weight is 286 g/mol. The van der Waals surface area contributed by atoms with Crippen molar-refractivity contribution < 1.29 is 14.7 Å². The standard InChI is InChI=1S/C16H18N2O3/c1-3-15-17-8-9-18(15)13-6-4-12(5-7-13)14(19)10-11(2)16(20)21/h4-9,11H,3,10H2,1-2H3,(H,20,21). The summed E-state index contributed by atoms with van der Waals surface area (Å²) in [6.45, 7) is 3.57. The largest absolute Gasteiger partial charge is 0.481 e. The molecule has 0 bridgehead atoms. The molecule has 1 atom stereocenters. The molecule has 1 aromatic carbocycles. The number of carbonyl (C=O) groups is 2. The molecule has 110 valence electrons. The van der Waals surface area contributed by atoms with E-state index in [1.807, 2.05) is 29.8 Å². The van der Waals surface area contributed by atoms with E-state index >= 15 is 0 Å². The number of hydrogen-bond donors (Lipinski definition) is 1. The molecule has 21 heavy (non-hydrogen) atoms. The Bertz CT molecular complexity index is 644. The van der Waals surface area contributed by atoms with Gasteiger partial charge in [0, 0.05) is 36.5 Å². The fourth-order valence-electron chi connectivity index (χ4n) is 2.12. The summed E-state index contributed by atoms with van der Waals surface area (Å²) in [5, 5.41) is 8.84. The van der Waals surface area contributed by atoms with Crippen molar-refractivity contribution in [3.63, 3.8) is 0 Å². The van der Waals surface area contributed by atoms with Crippen LogP contribution in [-0.4, -0.2) is 26.4 Å². The number of imidazole rings is 1. The molecule has 0 aliphatic rings. The number of Topliss-reactive ketones (excluding diaryl/α,β-unsaturated/α-hetero) is 1. The highest BCUT2D eigenvalue weighted by Gasteiger charge is 2.17. The number of carboxylic acid groups (broad SMARTS) is 1. The van der Waals surface area contributed by atoms with Crippen LogP contribution in [-0.2, 0) is 11.2 Å². The van der Waals surface area contributed by atoms with E-state index in [1.54, 1.807) is 18.3 Å². The van der Waals surface area contributed by atoms with E-state index in [1.165, 1.54) is 6.92 Å². The summed E-state index contributed by atoms with van der Waals surface area (Å²) < 4.78 is 1.97. The van der Waals surface area contributed by atoms with E-state index in [2.05, 4.69) is 4.98 Å². The Labute approximate surface area is 123 Å². The smallest absolute Gasteiger partial charge is 0.306 e. The van der Waals surface area contributed by atoms with Crippen LogP contribution in [0.25, 0.3) is 5.69 Å². The number of benzene rings is 1. The summed E-state index contributed by atoms with van der Waals surface area (Å²) in [5.74, 6) is -0.824. The molecule has 1 aromatic heterocycles. The highest BCUT2D eigenvalue weighted by molar-refractivity contribution is 5.98. The zero-order valence-electron chi connectivity index (χ0n) is 12.1. The van der Waals surface area contributed by atoms with Gasteiger partial charge in [-0.15, -0.1) is 0 Å². The van der Waals surface area contributed by atoms with Gasteiger partial charge in [0.05, 0.1) is 5.92 Å². The van der Waals surface area contributed by atoms with Gasteiger partial charge in [0.2, 0.25) is 0 Å². The summed E-state index contributed by atoms with van der Waals surface area (Å²) in [5.41, 5.74) is 1.47. The molecular formula is C16H18N2O3. The number of nitrogens with zero attached hydrogens (tertiary/aromatic N) is 2. The van der Waals surface area contributed by atoms with Crippen molar-refractivity contribution in [2.24, 2.45) is 5.92 Å². The average Bonchev–Trinajstić information content (AvgIpc) is 2.95. The molecular weight excluding hydrogens is 268 g/mol. The first-order valence-electron chi connectivity index (χ1n) is 6.91. The third kappa shape index (κ3) is 3.37. The van der Waals surface area contributed by atoms with Crippen molar-refractivity contribution in [3.05, 3.63) is 48.0 Å². The molecule has 0 saturated carbocycles. The summed E-state index contributed by atoms with van der Waals surface area (Å²) >= 11 is 0. The minimum Gasteiger partial charge on any atom is -0.481 e. The molecule has 0 aliphatic carbocycles. The van der Waals surface area contributed by atoms with Crippen LogP contribution in [0.5, 0.6) is 0 Å². The lowest BCUT2D eigenvalue weighted by Gasteiger charge is -2.08. The molecule has 5 nitrogen and oxygen atoms in total. The van der Waals surface area contributed by atoms with Crippen molar-refractivity contribution in [3.8, 4) is 5.69 Å². The highest BCUT2D eigenvalue weighted by atomic mass is 16.4. The lowest BCUT2D eigenvalue weighted by atomic mass is 10.00. The topological polar surface area (TPSA) is 72.2 Å². The van der Waals surface area contributed by atoms with Crippen molar-refractivity contribution in [1.29, 1.82) is 0 Å². The first-order valence-corrected chi connectivity index (χ1v) is 6.91. The Morgan fingerprint density at radius 3 is 2.52 bits per heavy atom. The fourth-order valence-corrected chi connectivity index (χ4v) is 2.12. The van der Waals surface area contributed by atoms with Crippen LogP contribution in [0.4, 0.5) is 0 Å². The second-order valence-corrected chi connectivity index (χ2v) is 4.98. The second kappa shape index (κ2) is 6.35. The number of ketones is 1. The van der Waals surface area contributed by atoms with E-state index in [-0.39, 0.29) is 12.2 Å². The van der Waals surface area contributed by atoms with Crippen LogP contribution >= 0.6 is 0 Å². The minimum absolute atomic E-state index is 0.0139. The predicted molar refractivity (Wildman–Crippen MR) is 78.7 cm³/mol. The van der Waals surface area contributed by atoms with E-state index in [4.69, 9.17) is 5.11 Å². The van der Waals surface area contributed by atoms with Gasteiger partial charge in [-0.3, -0.25) is 9.59 Å². The van der Waals surface area contributed by atoms with Crippen LogP contribution in [0, 0.1) is 5.92 Å². The maximum atomic E-state index is 12.0. The molecule has 2 aromatic rings. The van der Waals surface area contributed by atoms with Crippen LogP contribution in [0.3, 0.4) is 0 Å². The summed E-state index contributed by atoms with van der Waals surface area (Å²) in [4.78, 5) is 27.0. The number of rotatable bonds is 6. The minimum atomic E-state index is -0.953. The first-order chi connectivity index (χ1) is 10.0. The van der Waals surface area contributed by atoms with Crippen LogP contribution in [0.1, 0.15) is 36.5 Å². The van der Waals surface area contributed by atoms with Gasteiger partial charge in [0.15, 0.2) is 5.78 Å². The number of carbonyl (C=O) groups excluding carboxylic acids is 1. The molecule has 2 rings (SSSR count). The molecule has 0 radical (unpaired) electrons. The predicted octanol–water partition coefficient (Wildman–Crippen LogP) is 2.73. The zero-order valence-corrected chi connectivity index (χ0v) is 12.1. The van der Waals surface area contributed by atoms with Crippen molar-refractivity contribution in [2.45, 2.75) is 26.7 Å². The third-order valence-corrected chi connectivity index (χ3v) is 3.41. The van der Waals surface area contributed by atoms with Crippen LogP contribution in [0.2, 0.25) is 0 Å². The summed E-state index contributed by atoms with van der Waals surface area (Å²) in [7, 11) is 0. The van der Waals surface area contributed by atoms with Gasteiger partial charge in [-0.05, 0) is 24.3 Å². The van der Waals surface area contributed by atoms with Crippen LogP contribution in [0.15, 0.2) is 36.7 Å². The molecule has 1 unspecified atom stereocenters. The Hall–Kier alpha value is -2.43. The molecule has 0 fully saturated rings. The number of aliphatic carboxylic acids is 1. The van der Waals surface area contributed by atoms with E-state index in [0.29, 0.717) is 5.56 Å². The van der Waals surface area contributed by atoms with Gasteiger partial charge in [-0.2, -0.15) is 0 Å². The highest BCUT2D eigenvalue weighted by Crippen LogP contribution is 2.15. The zero-order chi connectivity index (χ0) is 15.4. The molecule has 5 heteroatoms. The number of aromatic nitrogens is 2. The number of aryl methyl sites for hydroxylation is 1. The van der Waals surface area contributed by atoms with Crippen LogP contribution < -0.4 is 0 Å². The molecule has 1 heterocycles. The molecule has 0 saturated heterocycles. The number of hydrogen-bond acceptors (Lipinski definition) is 3. The Morgan fingerprint density at radius 2 is 1.95 bits per heavy atom. The van der Waals surface area contributed by atoms with Gasteiger partial charge in [-0.25, -0.2) is 4.98 Å². The Morgan fingerprint density at radius 1 is 1.29 bits per heavy atom. The lowest BCUT2D eigenvalue weighted by Crippen LogP contribution is -2.14. The van der Waals surface area contributed by atoms with Gasteiger partial charge >= 0.3 is 5.97 Å². The van der Waals surface area contributed by atoms with Gasteiger partial charge in [0.1, 0.15) is 5.82 Å². The van der Waals surface area contributed by atoms with Crippen molar-refractivity contribution >= 4 is 11.8 Å². The maximum Gasteiger partial charge on any atom is 0.306 e. The lowest BCUT2D eigenvalue weighted by molar-refractivity contribution is -0.141. The van der Waals surface area contributed by atoms with Gasteiger partial charge in [-0.1, -0.05) is 13.8 Å².